The SMILES string of the molecule is O=C(Nc1ccc(Oc2ccccc2)nc1)[C@@H]1CCCCN1C(=O)c1ccon1. The van der Waals surface area contributed by atoms with Gasteiger partial charge in [-0.05, 0) is 37.5 Å². The van der Waals surface area contributed by atoms with Crippen LogP contribution < -0.4 is 10.1 Å². The molecule has 2 amide bonds. The minimum absolute atomic E-state index is 0.203. The van der Waals surface area contributed by atoms with Gasteiger partial charge in [-0.25, -0.2) is 4.98 Å². The molecular formula is C21H20N4O4. The predicted molar refractivity (Wildman–Crippen MR) is 105 cm³/mol. The first kappa shape index (κ1) is 18.7. The highest BCUT2D eigenvalue weighted by atomic mass is 16.5. The number of nitrogens with one attached hydrogen (secondary N) is 1. The van der Waals surface area contributed by atoms with Gasteiger partial charge in [-0.1, -0.05) is 23.4 Å². The lowest BCUT2D eigenvalue weighted by Gasteiger charge is -2.34. The van der Waals surface area contributed by atoms with Crippen LogP contribution >= 0.6 is 0 Å². The van der Waals surface area contributed by atoms with Gasteiger partial charge >= 0.3 is 0 Å². The van der Waals surface area contributed by atoms with Gasteiger partial charge in [-0.15, -0.1) is 0 Å². The Hall–Kier alpha value is -3.68. The fourth-order valence-electron chi connectivity index (χ4n) is 3.27. The van der Waals surface area contributed by atoms with E-state index in [0.29, 0.717) is 30.3 Å². The van der Waals surface area contributed by atoms with Crippen LogP contribution in [0.15, 0.2) is 65.5 Å². The van der Waals surface area contributed by atoms with Crippen LogP contribution in [0.4, 0.5) is 5.69 Å². The van der Waals surface area contributed by atoms with Gasteiger partial charge in [-0.3, -0.25) is 9.59 Å². The second-order valence-electron chi connectivity index (χ2n) is 6.68. The highest BCUT2D eigenvalue weighted by Gasteiger charge is 2.33. The first-order valence-electron chi connectivity index (χ1n) is 9.42. The molecule has 0 bridgehead atoms. The van der Waals surface area contributed by atoms with Crippen molar-refractivity contribution in [2.24, 2.45) is 0 Å². The number of aromatic nitrogens is 2. The van der Waals surface area contributed by atoms with Crippen LogP contribution in [0.5, 0.6) is 11.6 Å². The third-order valence-electron chi connectivity index (χ3n) is 4.69. The molecule has 3 heterocycles. The Morgan fingerprint density at radius 2 is 1.97 bits per heavy atom. The minimum atomic E-state index is -0.562. The monoisotopic (exact) mass is 392 g/mol. The zero-order valence-electron chi connectivity index (χ0n) is 15.7. The molecule has 1 saturated heterocycles. The van der Waals surface area contributed by atoms with E-state index in [4.69, 9.17) is 9.26 Å². The van der Waals surface area contributed by atoms with Gasteiger partial charge in [0.25, 0.3) is 5.91 Å². The summed E-state index contributed by atoms with van der Waals surface area (Å²) in [6, 6.07) is 13.7. The lowest BCUT2D eigenvalue weighted by molar-refractivity contribution is -0.121. The number of hydrogen-bond donors (Lipinski definition) is 1. The number of para-hydroxylation sites is 1. The van der Waals surface area contributed by atoms with Crippen molar-refractivity contribution in [3.05, 3.63) is 66.7 Å². The maximum absolute atomic E-state index is 12.8. The second kappa shape index (κ2) is 8.55. The molecule has 1 N–H and O–H groups in total. The predicted octanol–water partition coefficient (Wildman–Crippen LogP) is 3.50. The van der Waals surface area contributed by atoms with Crippen molar-refractivity contribution in [2.45, 2.75) is 25.3 Å². The van der Waals surface area contributed by atoms with Crippen LogP contribution in [0, 0.1) is 0 Å². The molecule has 3 aromatic rings. The van der Waals surface area contributed by atoms with E-state index in [-0.39, 0.29) is 17.5 Å². The summed E-state index contributed by atoms with van der Waals surface area (Å²) in [5, 5.41) is 6.53. The quantitative estimate of drug-likeness (QED) is 0.714. The number of benzene rings is 1. The van der Waals surface area contributed by atoms with E-state index in [0.717, 1.165) is 12.8 Å². The number of anilines is 1. The van der Waals surface area contributed by atoms with Gasteiger partial charge < -0.3 is 19.5 Å². The number of piperidine rings is 1. The summed E-state index contributed by atoms with van der Waals surface area (Å²) in [7, 11) is 0. The van der Waals surface area contributed by atoms with Crippen LogP contribution in [0.25, 0.3) is 0 Å². The van der Waals surface area contributed by atoms with E-state index < -0.39 is 6.04 Å². The van der Waals surface area contributed by atoms with Crippen molar-refractivity contribution in [3.63, 3.8) is 0 Å². The Balaban J connectivity index is 1.41. The molecule has 1 atom stereocenters. The largest absolute Gasteiger partial charge is 0.439 e. The molecule has 0 radical (unpaired) electrons. The summed E-state index contributed by atoms with van der Waals surface area (Å²) in [6.07, 6.45) is 5.20. The molecule has 8 heteroatoms. The van der Waals surface area contributed by atoms with Gasteiger partial charge in [0.15, 0.2) is 5.69 Å². The van der Waals surface area contributed by atoms with Crippen LogP contribution in [-0.2, 0) is 4.79 Å². The number of carbonyl (C=O) groups is 2. The maximum Gasteiger partial charge on any atom is 0.276 e. The lowest BCUT2D eigenvalue weighted by Crippen LogP contribution is -2.50. The first-order valence-corrected chi connectivity index (χ1v) is 9.42. The van der Waals surface area contributed by atoms with E-state index in [9.17, 15) is 9.59 Å². The van der Waals surface area contributed by atoms with Gasteiger partial charge in [0.2, 0.25) is 11.8 Å². The average molecular weight is 392 g/mol. The molecule has 0 spiro atoms. The van der Waals surface area contributed by atoms with Crippen molar-refractivity contribution >= 4 is 17.5 Å². The highest BCUT2D eigenvalue weighted by Crippen LogP contribution is 2.23. The number of ether oxygens (including phenoxy) is 1. The van der Waals surface area contributed by atoms with Crippen molar-refractivity contribution in [2.75, 3.05) is 11.9 Å². The second-order valence-corrected chi connectivity index (χ2v) is 6.68. The van der Waals surface area contributed by atoms with Crippen LogP contribution in [-0.4, -0.2) is 39.4 Å². The minimum Gasteiger partial charge on any atom is -0.439 e. The summed E-state index contributed by atoms with van der Waals surface area (Å²) in [5.41, 5.74) is 0.739. The zero-order valence-corrected chi connectivity index (χ0v) is 15.7. The molecule has 1 aromatic carbocycles. The third-order valence-corrected chi connectivity index (χ3v) is 4.69. The molecule has 8 nitrogen and oxygen atoms in total. The first-order chi connectivity index (χ1) is 14.2. The van der Waals surface area contributed by atoms with Gasteiger partial charge in [0.1, 0.15) is 18.1 Å². The summed E-state index contributed by atoms with van der Waals surface area (Å²) in [6.45, 7) is 0.506. The summed E-state index contributed by atoms with van der Waals surface area (Å²) >= 11 is 0. The average Bonchev–Trinajstić information content (AvgIpc) is 3.30. The molecule has 1 fully saturated rings. The Kier molecular flexibility index (Phi) is 5.51. The van der Waals surface area contributed by atoms with E-state index in [1.807, 2.05) is 30.3 Å². The van der Waals surface area contributed by atoms with Crippen molar-refractivity contribution in [1.82, 2.24) is 15.0 Å². The molecule has 1 aliphatic heterocycles. The molecule has 148 valence electrons. The summed E-state index contributed by atoms with van der Waals surface area (Å²) in [4.78, 5) is 31.2. The molecule has 2 aromatic heterocycles. The van der Waals surface area contributed by atoms with Crippen LogP contribution in [0.3, 0.4) is 0 Å². The van der Waals surface area contributed by atoms with Crippen LogP contribution in [0.1, 0.15) is 29.8 Å². The molecule has 0 unspecified atom stereocenters. The molecule has 29 heavy (non-hydrogen) atoms. The molecular weight excluding hydrogens is 372 g/mol. The van der Waals surface area contributed by atoms with Gasteiger partial charge in [0, 0.05) is 18.7 Å². The Morgan fingerprint density at radius 1 is 1.10 bits per heavy atom. The van der Waals surface area contributed by atoms with Gasteiger partial charge in [0.05, 0.1) is 11.9 Å². The standard InChI is InChI=1S/C21H20N4O4/c26-20(18-8-4-5-12-25(18)21(27)17-11-13-28-24-17)23-15-9-10-19(22-14-15)29-16-6-2-1-3-7-16/h1-3,6-7,9-11,13-14,18H,4-5,8,12H2,(H,23,26)/t18-/m0/s1. The number of carbonyl (C=O) groups excluding carboxylic acids is 2. The molecule has 0 aliphatic carbocycles. The Bertz CT molecular complexity index is 958. The smallest absolute Gasteiger partial charge is 0.276 e. The summed E-state index contributed by atoms with van der Waals surface area (Å²) in [5.74, 6) is 0.555. The number of rotatable bonds is 5. The molecule has 4 rings (SSSR count). The Labute approximate surface area is 167 Å². The number of nitrogens with zero attached hydrogens (tertiary/aromatic N) is 3. The van der Waals surface area contributed by atoms with E-state index in [2.05, 4.69) is 15.5 Å². The number of hydrogen-bond acceptors (Lipinski definition) is 6. The number of pyridine rings is 1. The number of likely N-dealkylation sites (tertiary alicyclic amines) is 1. The fraction of sp³-hybridized carbons (Fsp3) is 0.238. The van der Waals surface area contributed by atoms with E-state index >= 15 is 0 Å². The van der Waals surface area contributed by atoms with Crippen LogP contribution in [0.2, 0.25) is 0 Å². The molecule has 1 aliphatic rings. The summed E-state index contributed by atoms with van der Waals surface area (Å²) < 4.78 is 10.4. The van der Waals surface area contributed by atoms with Crippen molar-refractivity contribution in [3.8, 4) is 11.6 Å². The third kappa shape index (κ3) is 4.43. The normalized spacial score (nSPS) is 16.3. The van der Waals surface area contributed by atoms with Crippen molar-refractivity contribution < 1.29 is 18.8 Å². The molecule has 0 saturated carbocycles. The topological polar surface area (TPSA) is 97.6 Å². The zero-order chi connectivity index (χ0) is 20.1. The van der Waals surface area contributed by atoms with Gasteiger partial charge in [-0.2, -0.15) is 0 Å². The highest BCUT2D eigenvalue weighted by molar-refractivity contribution is 6.00. The maximum atomic E-state index is 12.8. The van der Waals surface area contributed by atoms with Crippen molar-refractivity contribution in [1.29, 1.82) is 0 Å². The lowest BCUT2D eigenvalue weighted by atomic mass is 10.0. The Morgan fingerprint density at radius 3 is 2.69 bits per heavy atom. The fourth-order valence-corrected chi connectivity index (χ4v) is 3.27. The number of amides is 2. The van der Waals surface area contributed by atoms with E-state index in [1.165, 1.54) is 18.5 Å². The van der Waals surface area contributed by atoms with E-state index in [1.54, 1.807) is 17.0 Å².